The van der Waals surface area contributed by atoms with E-state index < -0.39 is 11.0 Å². The van der Waals surface area contributed by atoms with E-state index in [0.29, 0.717) is 19.0 Å². The zero-order valence-electron chi connectivity index (χ0n) is 12.0. The first-order chi connectivity index (χ1) is 11.1. The number of benzene rings is 1. The fraction of sp³-hybridized carbons (Fsp3) is 0.214. The van der Waals surface area contributed by atoms with Gasteiger partial charge in [-0.2, -0.15) is 0 Å². The number of carbonyl (C=O) groups excluding carboxylic acids is 1. The second-order valence-electron chi connectivity index (χ2n) is 4.94. The molecule has 1 amide bonds. The van der Waals surface area contributed by atoms with Crippen LogP contribution in [0.15, 0.2) is 42.7 Å². The van der Waals surface area contributed by atoms with Crippen molar-refractivity contribution >= 4 is 17.7 Å². The summed E-state index contributed by atoms with van der Waals surface area (Å²) in [6.45, 7) is 1.19. The lowest BCUT2D eigenvalue weighted by molar-refractivity contribution is -0.384. The Morgan fingerprint density at radius 1 is 1.26 bits per heavy atom. The number of hydrogen-bond donors (Lipinski definition) is 1. The van der Waals surface area contributed by atoms with Crippen molar-refractivity contribution < 1.29 is 14.5 Å². The van der Waals surface area contributed by atoms with Crippen LogP contribution in [0.4, 0.5) is 16.4 Å². The average Bonchev–Trinajstić information content (AvgIpc) is 2.52. The van der Waals surface area contributed by atoms with Gasteiger partial charge in [-0.1, -0.05) is 0 Å². The van der Waals surface area contributed by atoms with Crippen molar-refractivity contribution in [3.63, 3.8) is 0 Å². The number of carbonyl (C=O) groups is 1. The van der Waals surface area contributed by atoms with E-state index in [-0.39, 0.29) is 17.5 Å². The summed E-state index contributed by atoms with van der Waals surface area (Å²) in [5.74, 6) is 0.866. The zero-order valence-corrected chi connectivity index (χ0v) is 12.0. The molecule has 1 aliphatic rings. The predicted octanol–water partition coefficient (Wildman–Crippen LogP) is 1.36. The highest BCUT2D eigenvalue weighted by Crippen LogP contribution is 2.18. The second-order valence-corrected chi connectivity index (χ2v) is 4.94. The molecule has 2 aromatic rings. The lowest BCUT2D eigenvalue weighted by Gasteiger charge is -2.38. The number of ether oxygens (including phenoxy) is 1. The maximum absolute atomic E-state index is 11.8. The molecule has 23 heavy (non-hydrogen) atoms. The van der Waals surface area contributed by atoms with Crippen molar-refractivity contribution in [2.45, 2.75) is 6.04 Å². The van der Waals surface area contributed by atoms with Crippen LogP contribution < -0.4 is 15.0 Å². The number of non-ortho nitro benzene ring substituents is 1. The molecular weight excluding hydrogens is 302 g/mol. The van der Waals surface area contributed by atoms with Gasteiger partial charge < -0.3 is 15.0 Å². The summed E-state index contributed by atoms with van der Waals surface area (Å²) < 4.78 is 5.07. The molecule has 1 aromatic heterocycles. The molecule has 1 N–H and O–H groups in total. The molecule has 1 fully saturated rings. The van der Waals surface area contributed by atoms with Gasteiger partial charge in [-0.05, 0) is 18.2 Å². The van der Waals surface area contributed by atoms with Gasteiger partial charge in [0.1, 0.15) is 5.75 Å². The van der Waals surface area contributed by atoms with Gasteiger partial charge in [0.15, 0.2) is 0 Å². The number of rotatable bonds is 4. The summed E-state index contributed by atoms with van der Waals surface area (Å²) >= 11 is 0. The molecule has 0 atom stereocenters. The molecular formula is C14H13N5O4. The minimum Gasteiger partial charge on any atom is -0.410 e. The largest absolute Gasteiger partial charge is 0.412 e. The molecule has 2 heterocycles. The third-order valence-electron chi connectivity index (χ3n) is 3.30. The number of nitrogens with zero attached hydrogens (tertiary/aromatic N) is 4. The molecule has 0 bridgehead atoms. The second kappa shape index (κ2) is 6.26. The van der Waals surface area contributed by atoms with Gasteiger partial charge in [-0.3, -0.25) is 10.1 Å². The molecule has 9 nitrogen and oxygen atoms in total. The van der Waals surface area contributed by atoms with E-state index in [9.17, 15) is 14.9 Å². The summed E-state index contributed by atoms with van der Waals surface area (Å²) in [5, 5.41) is 13.3. The topological polar surface area (TPSA) is 110 Å². The van der Waals surface area contributed by atoms with Crippen LogP contribution in [0.25, 0.3) is 0 Å². The van der Waals surface area contributed by atoms with Crippen LogP contribution in [-0.4, -0.2) is 40.1 Å². The molecule has 3 rings (SSSR count). The summed E-state index contributed by atoms with van der Waals surface area (Å²) in [7, 11) is 0. The lowest BCUT2D eigenvalue weighted by atomic mass is 10.1. The molecule has 0 spiro atoms. The summed E-state index contributed by atoms with van der Waals surface area (Å²) in [5.41, 5.74) is -0.0600. The molecule has 0 aliphatic carbocycles. The van der Waals surface area contributed by atoms with E-state index in [1.807, 2.05) is 4.90 Å². The highest BCUT2D eigenvalue weighted by molar-refractivity contribution is 5.71. The lowest BCUT2D eigenvalue weighted by Crippen LogP contribution is -2.60. The maximum Gasteiger partial charge on any atom is 0.412 e. The fourth-order valence-corrected chi connectivity index (χ4v) is 2.13. The third kappa shape index (κ3) is 3.51. The number of nitro benzene ring substituents is 1. The van der Waals surface area contributed by atoms with Crippen molar-refractivity contribution in [3.8, 4) is 5.75 Å². The molecule has 0 radical (unpaired) electrons. The zero-order chi connectivity index (χ0) is 16.2. The van der Waals surface area contributed by atoms with E-state index in [4.69, 9.17) is 4.74 Å². The van der Waals surface area contributed by atoms with E-state index in [0.717, 1.165) is 0 Å². The molecule has 1 saturated heterocycles. The minimum absolute atomic E-state index is 0.0515. The van der Waals surface area contributed by atoms with Gasteiger partial charge in [-0.25, -0.2) is 14.8 Å². The van der Waals surface area contributed by atoms with Gasteiger partial charge >= 0.3 is 6.09 Å². The Hall–Kier alpha value is -3.23. The van der Waals surface area contributed by atoms with Crippen molar-refractivity contribution in [3.05, 3.63) is 52.8 Å². The number of hydrogen-bond acceptors (Lipinski definition) is 7. The van der Waals surface area contributed by atoms with Crippen LogP contribution in [0, 0.1) is 10.1 Å². The molecule has 1 aliphatic heterocycles. The van der Waals surface area contributed by atoms with Crippen LogP contribution >= 0.6 is 0 Å². The summed E-state index contributed by atoms with van der Waals surface area (Å²) in [6, 6.07) is 7.00. The molecule has 9 heteroatoms. The number of nitro groups is 1. The smallest absolute Gasteiger partial charge is 0.410 e. The number of aromatic nitrogens is 2. The highest BCUT2D eigenvalue weighted by Gasteiger charge is 2.30. The van der Waals surface area contributed by atoms with Crippen LogP contribution in [-0.2, 0) is 0 Å². The number of anilines is 1. The average molecular weight is 315 g/mol. The van der Waals surface area contributed by atoms with E-state index in [2.05, 4.69) is 15.3 Å². The molecule has 1 aromatic carbocycles. The van der Waals surface area contributed by atoms with E-state index in [1.54, 1.807) is 18.5 Å². The van der Waals surface area contributed by atoms with Crippen molar-refractivity contribution in [2.24, 2.45) is 0 Å². The van der Waals surface area contributed by atoms with Crippen LogP contribution in [0.3, 0.4) is 0 Å². The first-order valence-electron chi connectivity index (χ1n) is 6.86. The molecule has 0 unspecified atom stereocenters. The van der Waals surface area contributed by atoms with E-state index in [1.165, 1.54) is 24.3 Å². The predicted molar refractivity (Wildman–Crippen MR) is 80.3 cm³/mol. The Morgan fingerprint density at radius 3 is 2.52 bits per heavy atom. The van der Waals surface area contributed by atoms with Gasteiger partial charge in [0.05, 0.1) is 11.0 Å². The Kier molecular flexibility index (Phi) is 4.00. The van der Waals surface area contributed by atoms with Gasteiger partial charge in [-0.15, -0.1) is 0 Å². The monoisotopic (exact) mass is 315 g/mol. The highest BCUT2D eigenvalue weighted by atomic mass is 16.6. The summed E-state index contributed by atoms with van der Waals surface area (Å²) in [4.78, 5) is 32.0. The van der Waals surface area contributed by atoms with Gasteiger partial charge in [0, 0.05) is 37.6 Å². The van der Waals surface area contributed by atoms with E-state index >= 15 is 0 Å². The van der Waals surface area contributed by atoms with Crippen molar-refractivity contribution in [1.82, 2.24) is 15.3 Å². The Morgan fingerprint density at radius 2 is 1.91 bits per heavy atom. The Labute approximate surface area is 131 Å². The first kappa shape index (κ1) is 14.7. The summed E-state index contributed by atoms with van der Waals surface area (Å²) in [6.07, 6.45) is 2.72. The van der Waals surface area contributed by atoms with Crippen LogP contribution in [0.5, 0.6) is 5.75 Å². The van der Waals surface area contributed by atoms with Crippen molar-refractivity contribution in [1.29, 1.82) is 0 Å². The standard InChI is InChI=1S/C14H13N5O4/c20-14(23-12-4-2-11(3-5-12)19(21)22)17-10-8-18(9-10)13-15-6-1-7-16-13/h1-7,10H,8-9H2,(H,17,20). The van der Waals surface area contributed by atoms with Crippen LogP contribution in [0.1, 0.15) is 0 Å². The maximum atomic E-state index is 11.8. The van der Waals surface area contributed by atoms with Crippen LogP contribution in [0.2, 0.25) is 0 Å². The van der Waals surface area contributed by atoms with Gasteiger partial charge in [0.25, 0.3) is 5.69 Å². The Balaban J connectivity index is 1.46. The molecule has 118 valence electrons. The first-order valence-corrected chi connectivity index (χ1v) is 6.86. The molecule has 0 saturated carbocycles. The number of nitrogens with one attached hydrogen (secondary N) is 1. The quantitative estimate of drug-likeness (QED) is 0.670. The minimum atomic E-state index is -0.600. The fourth-order valence-electron chi connectivity index (χ4n) is 2.13. The normalized spacial score (nSPS) is 14.0. The van der Waals surface area contributed by atoms with Gasteiger partial charge in [0.2, 0.25) is 5.95 Å². The third-order valence-corrected chi connectivity index (χ3v) is 3.30. The Bertz CT molecular complexity index is 701. The van der Waals surface area contributed by atoms with Crippen molar-refractivity contribution in [2.75, 3.05) is 18.0 Å². The SMILES string of the molecule is O=C(NC1CN(c2ncccn2)C1)Oc1ccc([N+](=O)[O-])cc1. The number of amides is 1.